The third kappa shape index (κ3) is 7.69. The van der Waals surface area contributed by atoms with Gasteiger partial charge in [0.15, 0.2) is 0 Å². The van der Waals surface area contributed by atoms with Gasteiger partial charge in [-0.2, -0.15) is 5.06 Å². The first-order valence-electron chi connectivity index (χ1n) is 18.8. The molecule has 276 valence electrons. The lowest BCUT2D eigenvalue weighted by atomic mass is 9.45. The minimum absolute atomic E-state index is 0.103. The minimum Gasteiger partial charge on any atom is -0.496 e. The number of amides is 1. The topological polar surface area (TPSA) is 112 Å². The number of hydrogen-bond acceptors (Lipinski definition) is 8. The number of nitrogens with zero attached hydrogens (tertiary/aromatic N) is 2. The smallest absolute Gasteiger partial charge is 0.240 e. The van der Waals surface area contributed by atoms with Crippen molar-refractivity contribution in [2.24, 2.45) is 34.8 Å². The summed E-state index contributed by atoms with van der Waals surface area (Å²) in [5.74, 6) is 1.76. The summed E-state index contributed by atoms with van der Waals surface area (Å²) in [6, 6.07) is 22.7. The van der Waals surface area contributed by atoms with Crippen LogP contribution in [-0.4, -0.2) is 74.7 Å². The molecule has 2 bridgehead atoms. The first-order chi connectivity index (χ1) is 24.4. The summed E-state index contributed by atoms with van der Waals surface area (Å²) < 4.78 is 6.14. The Morgan fingerprint density at radius 3 is 2.51 bits per heavy atom. The summed E-state index contributed by atoms with van der Waals surface area (Å²) in [5.41, 5.74) is 13.0. The highest BCUT2D eigenvalue weighted by Crippen LogP contribution is 2.61. The third-order valence-corrected chi connectivity index (χ3v) is 12.3. The largest absolute Gasteiger partial charge is 0.496 e. The van der Waals surface area contributed by atoms with E-state index in [4.69, 9.17) is 15.3 Å². The maximum atomic E-state index is 14.3. The molecule has 0 spiro atoms. The molecule has 1 aliphatic heterocycles. The lowest BCUT2D eigenvalue weighted by molar-refractivity contribution is -0.175. The first kappa shape index (κ1) is 37.3. The van der Waals surface area contributed by atoms with Gasteiger partial charge < -0.3 is 31.1 Å². The molecule has 3 aromatic carbocycles. The van der Waals surface area contributed by atoms with Crippen molar-refractivity contribution >= 4 is 11.6 Å². The molecule has 9 nitrogen and oxygen atoms in total. The van der Waals surface area contributed by atoms with Crippen LogP contribution in [0.15, 0.2) is 66.7 Å². The number of carbonyl (C=O) groups is 1. The van der Waals surface area contributed by atoms with Crippen LogP contribution >= 0.6 is 0 Å². The van der Waals surface area contributed by atoms with E-state index in [1.807, 2.05) is 18.2 Å². The fourth-order valence-electron chi connectivity index (χ4n) is 9.17. The van der Waals surface area contributed by atoms with Crippen LogP contribution in [0.5, 0.6) is 5.75 Å². The Bertz CT molecular complexity index is 1650. The van der Waals surface area contributed by atoms with Gasteiger partial charge in [-0.15, -0.1) is 0 Å². The number of fused-ring (bicyclic) bond motifs is 2. The van der Waals surface area contributed by atoms with E-state index in [0.717, 1.165) is 54.1 Å². The maximum Gasteiger partial charge on any atom is 0.240 e. The van der Waals surface area contributed by atoms with Crippen LogP contribution in [0.1, 0.15) is 57.2 Å². The number of hydrogen-bond donors (Lipinski definition) is 4. The van der Waals surface area contributed by atoms with E-state index in [2.05, 4.69) is 98.9 Å². The summed E-state index contributed by atoms with van der Waals surface area (Å²) in [7, 11) is 5.80. The van der Waals surface area contributed by atoms with Crippen molar-refractivity contribution in [3.63, 3.8) is 0 Å². The second-order valence-corrected chi connectivity index (χ2v) is 16.0. The normalized spacial score (nSPS) is 27.4. The van der Waals surface area contributed by atoms with E-state index in [-0.39, 0.29) is 18.5 Å². The molecule has 4 fully saturated rings. The SMILES string of the molecule is COc1c(CN2O[C@@H](CN)[C@@H]([C@H](C)O)[C@H]2C(=O)NC2C[C@H]3C[C@@H]([C@@H]2C)C3(C)C)cccc1-c1cc(CNCCc2ccccc2)cc(N(C)C)c1. The Kier molecular flexibility index (Phi) is 11.4. The summed E-state index contributed by atoms with van der Waals surface area (Å²) >= 11 is 0. The van der Waals surface area contributed by atoms with E-state index in [1.54, 1.807) is 19.1 Å². The highest BCUT2D eigenvalue weighted by atomic mass is 16.7. The molecule has 3 aromatic rings. The van der Waals surface area contributed by atoms with E-state index in [0.29, 0.717) is 29.7 Å². The lowest BCUT2D eigenvalue weighted by Crippen LogP contribution is -2.62. The molecule has 4 aliphatic rings. The van der Waals surface area contributed by atoms with Crippen LogP contribution in [0.25, 0.3) is 11.1 Å². The number of carbonyl (C=O) groups excluding carboxylic acids is 1. The highest BCUT2D eigenvalue weighted by molar-refractivity contribution is 5.83. The molecule has 3 aliphatic carbocycles. The first-order valence-corrected chi connectivity index (χ1v) is 18.8. The number of aliphatic hydroxyl groups is 1. The Hall–Kier alpha value is -3.47. The molecule has 1 heterocycles. The summed E-state index contributed by atoms with van der Waals surface area (Å²) in [6.07, 6.45) is 1.92. The molecule has 9 heteroatoms. The van der Waals surface area contributed by atoms with Gasteiger partial charge in [0.25, 0.3) is 0 Å². The molecule has 51 heavy (non-hydrogen) atoms. The molecular formula is C42H59N5O4. The Labute approximate surface area is 304 Å². The number of rotatable bonds is 14. The van der Waals surface area contributed by atoms with Crippen molar-refractivity contribution in [1.82, 2.24) is 15.7 Å². The van der Waals surface area contributed by atoms with Crippen LogP contribution in [0, 0.1) is 29.1 Å². The fraction of sp³-hybridized carbons (Fsp3) is 0.548. The standard InChI is InChI=1S/C42H59N5O4/c1-26-35-21-32(42(35,3)4)22-36(26)45-41(49)39-38(27(2)48)37(23-43)51-47(39)25-30-14-11-15-34(40(30)50-7)31-18-29(19-33(20-31)46(5)6)24-44-17-16-28-12-9-8-10-13-28/h8-15,18-20,26-27,32,35-39,44,48H,16-17,21-25,43H2,1-7H3,(H,45,49)/t26-,27-,32+,35-,36?,37-,38+,39-/m0/s1. The predicted molar refractivity (Wildman–Crippen MR) is 204 cm³/mol. The van der Waals surface area contributed by atoms with Crippen molar-refractivity contribution in [3.05, 3.63) is 83.4 Å². The Morgan fingerprint density at radius 2 is 1.86 bits per heavy atom. The zero-order valence-corrected chi connectivity index (χ0v) is 31.6. The molecule has 5 N–H and O–H groups in total. The molecule has 1 amide bonds. The number of ether oxygens (including phenoxy) is 1. The number of hydroxylamine groups is 2. The van der Waals surface area contributed by atoms with Gasteiger partial charge in [-0.25, -0.2) is 0 Å². The monoisotopic (exact) mass is 697 g/mol. The number of benzene rings is 3. The van der Waals surface area contributed by atoms with Crippen LogP contribution in [0.4, 0.5) is 5.69 Å². The zero-order chi connectivity index (χ0) is 36.4. The van der Waals surface area contributed by atoms with Crippen LogP contribution in [-0.2, 0) is 29.1 Å². The van der Waals surface area contributed by atoms with E-state index < -0.39 is 24.2 Å². The van der Waals surface area contributed by atoms with Crippen molar-refractivity contribution in [2.45, 2.75) is 84.3 Å². The fourth-order valence-corrected chi connectivity index (χ4v) is 9.17. The highest BCUT2D eigenvalue weighted by Gasteiger charge is 2.57. The van der Waals surface area contributed by atoms with Crippen molar-refractivity contribution in [2.75, 3.05) is 39.2 Å². The number of nitrogens with two attached hydrogens (primary N) is 1. The molecule has 8 atom stereocenters. The van der Waals surface area contributed by atoms with Gasteiger partial charge in [-0.1, -0.05) is 69.3 Å². The molecule has 0 radical (unpaired) electrons. The van der Waals surface area contributed by atoms with Gasteiger partial charge in [0.2, 0.25) is 5.91 Å². The van der Waals surface area contributed by atoms with E-state index in [9.17, 15) is 9.90 Å². The molecule has 0 aromatic heterocycles. The third-order valence-electron chi connectivity index (χ3n) is 12.3. The Balaban J connectivity index is 1.24. The summed E-state index contributed by atoms with van der Waals surface area (Å²) in [5, 5.41) is 19.8. The number of para-hydroxylation sites is 1. The molecule has 1 saturated heterocycles. The van der Waals surface area contributed by atoms with Crippen molar-refractivity contribution in [3.8, 4) is 16.9 Å². The number of anilines is 1. The van der Waals surface area contributed by atoms with Crippen molar-refractivity contribution in [1.29, 1.82) is 0 Å². The average molecular weight is 698 g/mol. The van der Waals surface area contributed by atoms with Gasteiger partial charge in [-0.3, -0.25) is 9.63 Å². The van der Waals surface area contributed by atoms with Gasteiger partial charge in [0.05, 0.1) is 25.9 Å². The average Bonchev–Trinajstić information content (AvgIpc) is 3.49. The molecule has 3 saturated carbocycles. The lowest BCUT2D eigenvalue weighted by Gasteiger charge is -2.62. The number of nitrogens with one attached hydrogen (secondary N) is 2. The molecule has 7 rings (SSSR count). The molecule has 1 unspecified atom stereocenters. The molecular weight excluding hydrogens is 638 g/mol. The summed E-state index contributed by atoms with van der Waals surface area (Å²) in [4.78, 5) is 22.8. The summed E-state index contributed by atoms with van der Waals surface area (Å²) in [6.45, 7) is 10.9. The van der Waals surface area contributed by atoms with Gasteiger partial charge in [0.1, 0.15) is 11.8 Å². The van der Waals surface area contributed by atoms with Crippen LogP contribution in [0.2, 0.25) is 0 Å². The van der Waals surface area contributed by atoms with Crippen LogP contribution in [0.3, 0.4) is 0 Å². The maximum absolute atomic E-state index is 14.3. The van der Waals surface area contributed by atoms with Crippen molar-refractivity contribution < 1.29 is 19.5 Å². The van der Waals surface area contributed by atoms with Gasteiger partial charge >= 0.3 is 0 Å². The van der Waals surface area contributed by atoms with Gasteiger partial charge in [0, 0.05) is 56.0 Å². The predicted octanol–water partition coefficient (Wildman–Crippen LogP) is 5.39. The second kappa shape index (κ2) is 15.6. The number of methoxy groups -OCH3 is 1. The van der Waals surface area contributed by atoms with Crippen LogP contribution < -0.4 is 26.0 Å². The van der Waals surface area contributed by atoms with E-state index in [1.165, 1.54) is 17.5 Å². The number of aliphatic hydroxyl groups excluding tert-OH is 1. The Morgan fingerprint density at radius 1 is 1.10 bits per heavy atom. The van der Waals surface area contributed by atoms with E-state index >= 15 is 0 Å². The zero-order valence-electron chi connectivity index (χ0n) is 31.6. The quantitative estimate of drug-likeness (QED) is 0.166. The van der Waals surface area contributed by atoms with Gasteiger partial charge in [-0.05, 0) is 90.8 Å². The minimum atomic E-state index is -0.780. The second-order valence-electron chi connectivity index (χ2n) is 16.0.